The van der Waals surface area contributed by atoms with E-state index < -0.39 is 23.7 Å². The molecule has 1 heterocycles. The molecule has 0 radical (unpaired) electrons. The van der Waals surface area contributed by atoms with Crippen LogP contribution in [-0.2, 0) is 4.79 Å². The first-order valence-electron chi connectivity index (χ1n) is 7.28. The van der Waals surface area contributed by atoms with Gasteiger partial charge in [-0.25, -0.2) is 4.79 Å². The van der Waals surface area contributed by atoms with Crippen molar-refractivity contribution in [1.82, 2.24) is 5.32 Å². The molecule has 0 aliphatic carbocycles. The number of rotatable bonds is 2. The van der Waals surface area contributed by atoms with Gasteiger partial charge < -0.3 is 21.1 Å². The van der Waals surface area contributed by atoms with Gasteiger partial charge >= 0.3 is 6.03 Å². The van der Waals surface area contributed by atoms with Crippen molar-refractivity contribution in [2.45, 2.75) is 6.04 Å². The highest BCUT2D eigenvalue weighted by molar-refractivity contribution is 6.39. The third-order valence-corrected chi connectivity index (χ3v) is 4.22. The van der Waals surface area contributed by atoms with Gasteiger partial charge in [-0.2, -0.15) is 0 Å². The second-order valence-electron chi connectivity index (χ2n) is 5.27. The molecule has 25 heavy (non-hydrogen) atoms. The molecule has 0 spiro atoms. The average Bonchev–Trinajstić information content (AvgIpc) is 2.69. The van der Waals surface area contributed by atoms with Crippen LogP contribution in [0.3, 0.4) is 0 Å². The van der Waals surface area contributed by atoms with Crippen LogP contribution in [0.4, 0.5) is 16.2 Å². The summed E-state index contributed by atoms with van der Waals surface area (Å²) in [4.78, 5) is 24.1. The first-order chi connectivity index (χ1) is 12.0. The number of para-hydroxylation sites is 2. The lowest BCUT2D eigenvalue weighted by atomic mass is 10.1. The lowest BCUT2D eigenvalue weighted by molar-refractivity contribution is -0.115. The van der Waals surface area contributed by atoms with E-state index in [0.29, 0.717) is 21.3 Å². The molecule has 8 heteroatoms. The quantitative estimate of drug-likeness (QED) is 0.630. The molecular formula is C17H13Cl2N3O3. The van der Waals surface area contributed by atoms with E-state index in [4.69, 9.17) is 23.2 Å². The topological polar surface area (TPSA) is 90.5 Å². The van der Waals surface area contributed by atoms with E-state index >= 15 is 0 Å². The van der Waals surface area contributed by atoms with Crippen molar-refractivity contribution in [2.24, 2.45) is 0 Å². The van der Waals surface area contributed by atoms with Gasteiger partial charge in [0.25, 0.3) is 5.91 Å². The van der Waals surface area contributed by atoms with Gasteiger partial charge in [0, 0.05) is 11.3 Å². The van der Waals surface area contributed by atoms with Crippen molar-refractivity contribution in [1.29, 1.82) is 0 Å². The van der Waals surface area contributed by atoms with Crippen LogP contribution in [-0.4, -0.2) is 17.0 Å². The van der Waals surface area contributed by atoms with Gasteiger partial charge in [0.2, 0.25) is 0 Å². The molecule has 128 valence electrons. The van der Waals surface area contributed by atoms with Crippen LogP contribution >= 0.6 is 23.2 Å². The van der Waals surface area contributed by atoms with E-state index in [1.54, 1.807) is 42.5 Å². The summed E-state index contributed by atoms with van der Waals surface area (Å²) < 4.78 is 0. The van der Waals surface area contributed by atoms with Crippen LogP contribution in [0.1, 0.15) is 11.6 Å². The zero-order valence-electron chi connectivity index (χ0n) is 12.7. The van der Waals surface area contributed by atoms with E-state index in [1.165, 1.54) is 6.08 Å². The van der Waals surface area contributed by atoms with Gasteiger partial charge in [0.15, 0.2) is 5.76 Å². The molecule has 0 saturated carbocycles. The summed E-state index contributed by atoms with van der Waals surface area (Å²) in [6.07, 6.45) is 1.26. The Morgan fingerprint density at radius 1 is 1.08 bits per heavy atom. The van der Waals surface area contributed by atoms with Crippen LogP contribution in [0.5, 0.6) is 0 Å². The van der Waals surface area contributed by atoms with Gasteiger partial charge in [-0.3, -0.25) is 4.79 Å². The van der Waals surface area contributed by atoms with E-state index in [9.17, 15) is 14.7 Å². The fourth-order valence-corrected chi connectivity index (χ4v) is 2.91. The monoisotopic (exact) mass is 377 g/mol. The van der Waals surface area contributed by atoms with Crippen LogP contribution in [0, 0.1) is 0 Å². The summed E-state index contributed by atoms with van der Waals surface area (Å²) in [7, 11) is 0. The third kappa shape index (κ3) is 3.70. The molecule has 0 bridgehead atoms. The Labute approximate surface area is 153 Å². The Kier molecular flexibility index (Phi) is 4.83. The minimum absolute atomic E-state index is 0.271. The van der Waals surface area contributed by atoms with E-state index in [0.717, 1.165) is 0 Å². The molecule has 1 aliphatic rings. The maximum absolute atomic E-state index is 12.3. The third-order valence-electron chi connectivity index (χ3n) is 3.59. The molecule has 2 aromatic rings. The van der Waals surface area contributed by atoms with Crippen molar-refractivity contribution in [3.8, 4) is 0 Å². The summed E-state index contributed by atoms with van der Waals surface area (Å²) in [6, 6.07) is 10.4. The predicted octanol–water partition coefficient (Wildman–Crippen LogP) is 4.25. The lowest BCUT2D eigenvalue weighted by Crippen LogP contribution is -2.32. The molecule has 4 N–H and O–H groups in total. The SMILES string of the molecule is O=C(Nc1c(Cl)cccc1Cl)NC1C=C(O)C(=O)Nc2ccccc21. The van der Waals surface area contributed by atoms with E-state index in [1.807, 2.05) is 0 Å². The van der Waals surface area contributed by atoms with Gasteiger partial charge in [0.1, 0.15) is 0 Å². The standard InChI is InChI=1S/C17H13Cl2N3O3/c18-10-5-3-6-11(19)15(10)22-17(25)21-13-8-14(23)16(24)20-12-7-2-1-4-9(12)13/h1-8,13,23H,(H,20,24)(H2,21,22,25). The zero-order valence-corrected chi connectivity index (χ0v) is 14.2. The van der Waals surface area contributed by atoms with Crippen molar-refractivity contribution in [3.63, 3.8) is 0 Å². The number of hydrogen-bond acceptors (Lipinski definition) is 3. The number of anilines is 2. The fourth-order valence-electron chi connectivity index (χ4n) is 2.42. The fraction of sp³-hybridized carbons (Fsp3) is 0.0588. The minimum atomic E-state index is -0.726. The maximum atomic E-state index is 12.3. The Hall–Kier alpha value is -2.70. The summed E-state index contributed by atoms with van der Waals surface area (Å²) in [6.45, 7) is 0. The number of carbonyl (C=O) groups excluding carboxylic acids is 2. The Morgan fingerprint density at radius 3 is 2.48 bits per heavy atom. The normalized spacial score (nSPS) is 16.2. The molecule has 1 aliphatic heterocycles. The number of fused-ring (bicyclic) bond motifs is 1. The highest BCUT2D eigenvalue weighted by Gasteiger charge is 2.24. The number of urea groups is 1. The van der Waals surface area contributed by atoms with Gasteiger partial charge in [0.05, 0.1) is 21.8 Å². The Balaban J connectivity index is 1.86. The summed E-state index contributed by atoms with van der Waals surface area (Å²) in [5.41, 5.74) is 1.39. The molecule has 0 aromatic heterocycles. The zero-order chi connectivity index (χ0) is 18.0. The molecule has 2 aromatic carbocycles. The molecule has 0 saturated heterocycles. The van der Waals surface area contributed by atoms with Crippen LogP contribution < -0.4 is 16.0 Å². The smallest absolute Gasteiger partial charge is 0.320 e. The van der Waals surface area contributed by atoms with Gasteiger partial charge in [-0.15, -0.1) is 0 Å². The number of aliphatic hydroxyl groups excluding tert-OH is 1. The molecule has 0 fully saturated rings. The molecule has 3 amide bonds. The average molecular weight is 378 g/mol. The number of aliphatic hydroxyl groups is 1. The summed E-state index contributed by atoms with van der Waals surface area (Å²) >= 11 is 12.1. The van der Waals surface area contributed by atoms with Crippen LogP contribution in [0.15, 0.2) is 54.3 Å². The van der Waals surface area contributed by atoms with Crippen molar-refractivity contribution >= 4 is 46.5 Å². The largest absolute Gasteiger partial charge is 0.503 e. The van der Waals surface area contributed by atoms with Crippen LogP contribution in [0.25, 0.3) is 0 Å². The Bertz CT molecular complexity index is 863. The highest BCUT2D eigenvalue weighted by atomic mass is 35.5. The number of nitrogens with one attached hydrogen (secondary N) is 3. The van der Waals surface area contributed by atoms with Gasteiger partial charge in [-0.05, 0) is 24.3 Å². The van der Waals surface area contributed by atoms with E-state index in [2.05, 4.69) is 16.0 Å². The molecule has 6 nitrogen and oxygen atoms in total. The Morgan fingerprint density at radius 2 is 1.76 bits per heavy atom. The molecule has 3 rings (SSSR count). The van der Waals surface area contributed by atoms with E-state index in [-0.39, 0.29) is 5.69 Å². The second kappa shape index (κ2) is 7.04. The molecule has 1 atom stereocenters. The number of halogens is 2. The van der Waals surface area contributed by atoms with Crippen molar-refractivity contribution in [2.75, 3.05) is 10.6 Å². The lowest BCUT2D eigenvalue weighted by Gasteiger charge is -2.18. The predicted molar refractivity (Wildman–Crippen MR) is 97.1 cm³/mol. The molecule has 1 unspecified atom stereocenters. The van der Waals surface area contributed by atoms with Crippen LogP contribution in [0.2, 0.25) is 10.0 Å². The first-order valence-corrected chi connectivity index (χ1v) is 8.04. The van der Waals surface area contributed by atoms with Crippen molar-refractivity contribution < 1.29 is 14.7 Å². The van der Waals surface area contributed by atoms with Crippen molar-refractivity contribution in [3.05, 3.63) is 69.9 Å². The summed E-state index contributed by atoms with van der Waals surface area (Å²) in [5.74, 6) is -1.14. The second-order valence-corrected chi connectivity index (χ2v) is 6.08. The minimum Gasteiger partial charge on any atom is -0.503 e. The first kappa shape index (κ1) is 17.1. The maximum Gasteiger partial charge on any atom is 0.320 e. The molecular weight excluding hydrogens is 365 g/mol. The number of carbonyl (C=O) groups is 2. The number of hydrogen-bond donors (Lipinski definition) is 4. The highest BCUT2D eigenvalue weighted by Crippen LogP contribution is 2.31. The summed E-state index contributed by atoms with van der Waals surface area (Å²) in [5, 5.41) is 18.2. The van der Waals surface area contributed by atoms with Gasteiger partial charge in [-0.1, -0.05) is 47.5 Å². The number of amides is 3. The number of benzene rings is 2.